The Bertz CT molecular complexity index is 448. The molecule has 1 aromatic carbocycles. The molecular weight excluding hydrogens is 262 g/mol. The molecule has 0 spiro atoms. The molecular formula is C14H19NO3S. The number of aryl methyl sites for hydroxylation is 1. The van der Waals surface area contributed by atoms with Crippen molar-refractivity contribution in [1.82, 2.24) is 5.32 Å². The number of amides is 1. The number of benzene rings is 1. The molecule has 1 rings (SSSR count). The first-order valence-corrected chi connectivity index (χ1v) is 7.38. The van der Waals surface area contributed by atoms with E-state index in [0.717, 1.165) is 17.1 Å². The number of carboxylic acid groups (broad SMARTS) is 1. The number of aliphatic carboxylic acids is 1. The van der Waals surface area contributed by atoms with Crippen LogP contribution in [0.5, 0.6) is 0 Å². The van der Waals surface area contributed by atoms with E-state index in [9.17, 15) is 9.59 Å². The van der Waals surface area contributed by atoms with Crippen LogP contribution in [0.1, 0.15) is 29.3 Å². The monoisotopic (exact) mass is 281 g/mol. The van der Waals surface area contributed by atoms with Gasteiger partial charge in [-0.3, -0.25) is 4.79 Å². The molecule has 0 radical (unpaired) electrons. The molecule has 0 aliphatic carbocycles. The van der Waals surface area contributed by atoms with E-state index in [2.05, 4.69) is 5.32 Å². The number of carboxylic acids is 1. The van der Waals surface area contributed by atoms with Crippen molar-refractivity contribution >= 4 is 23.6 Å². The summed E-state index contributed by atoms with van der Waals surface area (Å²) in [6.07, 6.45) is 0.436. The number of hydrogen-bond acceptors (Lipinski definition) is 3. The SMILES string of the molecule is CCSCCC(NC(=O)c1cccc(C)c1)C(=O)O. The first kappa shape index (κ1) is 15.6. The number of carbonyl (C=O) groups excluding carboxylic acids is 1. The van der Waals surface area contributed by atoms with E-state index in [0.29, 0.717) is 12.0 Å². The number of hydrogen-bond donors (Lipinski definition) is 2. The van der Waals surface area contributed by atoms with Gasteiger partial charge in [-0.05, 0) is 37.0 Å². The summed E-state index contributed by atoms with van der Waals surface area (Å²) in [4.78, 5) is 23.1. The van der Waals surface area contributed by atoms with Crippen LogP contribution in [-0.4, -0.2) is 34.5 Å². The Kier molecular flexibility index (Phi) is 6.42. The van der Waals surface area contributed by atoms with Crippen molar-refractivity contribution in [2.24, 2.45) is 0 Å². The van der Waals surface area contributed by atoms with Crippen molar-refractivity contribution in [2.75, 3.05) is 11.5 Å². The lowest BCUT2D eigenvalue weighted by atomic mass is 10.1. The third-order valence-electron chi connectivity index (χ3n) is 2.64. The topological polar surface area (TPSA) is 66.4 Å². The van der Waals surface area contributed by atoms with Crippen LogP contribution in [0, 0.1) is 6.92 Å². The average Bonchev–Trinajstić information content (AvgIpc) is 2.37. The summed E-state index contributed by atoms with van der Waals surface area (Å²) in [6.45, 7) is 3.91. The second-order valence-electron chi connectivity index (χ2n) is 4.22. The van der Waals surface area contributed by atoms with E-state index >= 15 is 0 Å². The summed E-state index contributed by atoms with van der Waals surface area (Å²) < 4.78 is 0. The lowest BCUT2D eigenvalue weighted by molar-refractivity contribution is -0.139. The quantitative estimate of drug-likeness (QED) is 0.753. The highest BCUT2D eigenvalue weighted by Crippen LogP contribution is 2.07. The van der Waals surface area contributed by atoms with Crippen molar-refractivity contribution in [3.63, 3.8) is 0 Å². The molecule has 1 atom stereocenters. The van der Waals surface area contributed by atoms with Crippen LogP contribution < -0.4 is 5.32 Å². The van der Waals surface area contributed by atoms with E-state index in [1.807, 2.05) is 19.9 Å². The van der Waals surface area contributed by atoms with Crippen molar-refractivity contribution in [3.05, 3.63) is 35.4 Å². The smallest absolute Gasteiger partial charge is 0.326 e. The van der Waals surface area contributed by atoms with Crippen LogP contribution >= 0.6 is 11.8 Å². The number of carbonyl (C=O) groups is 2. The summed E-state index contributed by atoms with van der Waals surface area (Å²) in [5.74, 6) is 0.343. The summed E-state index contributed by atoms with van der Waals surface area (Å²) in [7, 11) is 0. The Morgan fingerprint density at radius 2 is 2.16 bits per heavy atom. The highest BCUT2D eigenvalue weighted by molar-refractivity contribution is 7.99. The van der Waals surface area contributed by atoms with Gasteiger partial charge in [0, 0.05) is 5.56 Å². The molecule has 0 aromatic heterocycles. The second kappa shape index (κ2) is 7.84. The lowest BCUT2D eigenvalue weighted by Gasteiger charge is -2.14. The molecule has 0 aliphatic rings. The van der Waals surface area contributed by atoms with E-state index in [1.165, 1.54) is 0 Å². The van der Waals surface area contributed by atoms with Gasteiger partial charge < -0.3 is 10.4 Å². The summed E-state index contributed by atoms with van der Waals surface area (Å²) in [5, 5.41) is 11.7. The maximum atomic E-state index is 12.0. The Labute approximate surface area is 117 Å². The zero-order valence-corrected chi connectivity index (χ0v) is 12.0. The van der Waals surface area contributed by atoms with Crippen LogP contribution in [0.25, 0.3) is 0 Å². The molecule has 104 valence electrons. The van der Waals surface area contributed by atoms with Gasteiger partial charge >= 0.3 is 5.97 Å². The summed E-state index contributed by atoms with van der Waals surface area (Å²) in [6, 6.07) is 6.28. The van der Waals surface area contributed by atoms with Crippen molar-refractivity contribution in [3.8, 4) is 0 Å². The fourth-order valence-electron chi connectivity index (χ4n) is 1.63. The minimum Gasteiger partial charge on any atom is -0.480 e. The van der Waals surface area contributed by atoms with Gasteiger partial charge in [-0.25, -0.2) is 4.79 Å². The normalized spacial score (nSPS) is 11.9. The Hall–Kier alpha value is -1.49. The van der Waals surface area contributed by atoms with Crippen LogP contribution in [0.15, 0.2) is 24.3 Å². The Balaban J connectivity index is 2.63. The van der Waals surface area contributed by atoms with Gasteiger partial charge in [0.2, 0.25) is 0 Å². The molecule has 0 aliphatic heterocycles. The zero-order valence-electron chi connectivity index (χ0n) is 11.2. The molecule has 1 amide bonds. The predicted octanol–water partition coefficient (Wildman–Crippen LogP) is 2.32. The first-order chi connectivity index (χ1) is 9.04. The van der Waals surface area contributed by atoms with Gasteiger partial charge in [0.05, 0.1) is 0 Å². The molecule has 0 heterocycles. The minimum absolute atomic E-state index is 0.336. The first-order valence-electron chi connectivity index (χ1n) is 6.22. The highest BCUT2D eigenvalue weighted by atomic mass is 32.2. The van der Waals surface area contributed by atoms with Gasteiger partial charge in [0.25, 0.3) is 5.91 Å². The van der Waals surface area contributed by atoms with Crippen LogP contribution in [0.2, 0.25) is 0 Å². The van der Waals surface area contributed by atoms with Crippen molar-refractivity contribution in [2.45, 2.75) is 26.3 Å². The number of rotatable bonds is 7. The van der Waals surface area contributed by atoms with Crippen LogP contribution in [0.3, 0.4) is 0 Å². The number of thioether (sulfide) groups is 1. The molecule has 5 heteroatoms. The molecule has 4 nitrogen and oxygen atoms in total. The standard InChI is InChI=1S/C14H19NO3S/c1-3-19-8-7-12(14(17)18)15-13(16)11-6-4-5-10(2)9-11/h4-6,9,12H,3,7-8H2,1-2H3,(H,15,16)(H,17,18). The zero-order chi connectivity index (χ0) is 14.3. The van der Waals surface area contributed by atoms with Gasteiger partial charge in [-0.2, -0.15) is 11.8 Å². The summed E-state index contributed by atoms with van der Waals surface area (Å²) in [5.41, 5.74) is 1.47. The van der Waals surface area contributed by atoms with E-state index in [1.54, 1.807) is 30.0 Å². The van der Waals surface area contributed by atoms with E-state index in [-0.39, 0.29) is 5.91 Å². The van der Waals surface area contributed by atoms with Crippen LogP contribution in [0.4, 0.5) is 0 Å². The molecule has 1 unspecified atom stereocenters. The maximum Gasteiger partial charge on any atom is 0.326 e. The Morgan fingerprint density at radius 3 is 2.74 bits per heavy atom. The van der Waals surface area contributed by atoms with Gasteiger partial charge in [0.1, 0.15) is 6.04 Å². The van der Waals surface area contributed by atoms with E-state index in [4.69, 9.17) is 5.11 Å². The van der Waals surface area contributed by atoms with Gasteiger partial charge in [-0.1, -0.05) is 24.6 Å². The molecule has 1 aromatic rings. The minimum atomic E-state index is -0.988. The average molecular weight is 281 g/mol. The van der Waals surface area contributed by atoms with Crippen molar-refractivity contribution in [1.29, 1.82) is 0 Å². The van der Waals surface area contributed by atoms with Crippen LogP contribution in [-0.2, 0) is 4.79 Å². The maximum absolute atomic E-state index is 12.0. The predicted molar refractivity (Wildman–Crippen MR) is 77.7 cm³/mol. The fraction of sp³-hybridized carbons (Fsp3) is 0.429. The molecule has 0 saturated carbocycles. The molecule has 0 bridgehead atoms. The fourth-order valence-corrected chi connectivity index (χ4v) is 2.32. The second-order valence-corrected chi connectivity index (χ2v) is 5.61. The highest BCUT2D eigenvalue weighted by Gasteiger charge is 2.20. The molecule has 0 saturated heterocycles. The molecule has 19 heavy (non-hydrogen) atoms. The van der Waals surface area contributed by atoms with E-state index < -0.39 is 12.0 Å². The summed E-state index contributed by atoms with van der Waals surface area (Å²) >= 11 is 1.66. The van der Waals surface area contributed by atoms with Gasteiger partial charge in [-0.15, -0.1) is 0 Å². The molecule has 2 N–H and O–H groups in total. The van der Waals surface area contributed by atoms with Crippen molar-refractivity contribution < 1.29 is 14.7 Å². The largest absolute Gasteiger partial charge is 0.480 e. The van der Waals surface area contributed by atoms with Gasteiger partial charge in [0.15, 0.2) is 0 Å². The third-order valence-corrected chi connectivity index (χ3v) is 3.57. The number of nitrogens with one attached hydrogen (secondary N) is 1. The molecule has 0 fully saturated rings. The third kappa shape index (κ3) is 5.34. The lowest BCUT2D eigenvalue weighted by Crippen LogP contribution is -2.41. The Morgan fingerprint density at radius 1 is 1.42 bits per heavy atom.